The number of hydrogen-bond donors (Lipinski definition) is 0. The molecule has 2 fully saturated rings. The van der Waals surface area contributed by atoms with Gasteiger partial charge in [-0.15, -0.1) is 0 Å². The number of rotatable bonds is 2. The first-order chi connectivity index (χ1) is 6.87. The van der Waals surface area contributed by atoms with Crippen molar-refractivity contribution in [3.63, 3.8) is 0 Å². The molecule has 0 aromatic rings. The molecule has 0 bridgehead atoms. The molecule has 2 unspecified atom stereocenters. The quantitative estimate of drug-likeness (QED) is 0.520. The van der Waals surface area contributed by atoms with E-state index in [1.165, 1.54) is 13.5 Å². The van der Waals surface area contributed by atoms with Crippen LogP contribution >= 0.6 is 0 Å². The van der Waals surface area contributed by atoms with E-state index in [1.54, 1.807) is 0 Å². The average molecular weight is 212 g/mol. The maximum absolute atomic E-state index is 11.4. The van der Waals surface area contributed by atoms with Crippen molar-refractivity contribution >= 4 is 5.97 Å². The second kappa shape index (κ2) is 2.97. The summed E-state index contributed by atoms with van der Waals surface area (Å²) in [4.78, 5) is 11.4. The molecule has 1 aliphatic heterocycles. The summed E-state index contributed by atoms with van der Waals surface area (Å²) in [5.41, 5.74) is -0.289. The number of fused-ring (bicyclic) bond motifs is 1. The lowest BCUT2D eigenvalue weighted by atomic mass is 9.63. The second-order valence-corrected chi connectivity index (χ2v) is 5.65. The Morgan fingerprint density at radius 3 is 2.53 bits per heavy atom. The summed E-state index contributed by atoms with van der Waals surface area (Å²) in [5.74, 6) is -0.159. The second-order valence-electron chi connectivity index (χ2n) is 5.65. The van der Waals surface area contributed by atoms with E-state index in [2.05, 4.69) is 20.8 Å². The standard InChI is InChI=1S/C12H20O3/c1-10(2)6-5-7-11(3)12(10,15-11)8-9(13)14-4/h5-8H2,1-4H3. The molecule has 1 saturated heterocycles. The lowest BCUT2D eigenvalue weighted by molar-refractivity contribution is -0.143. The smallest absolute Gasteiger partial charge is 0.308 e. The SMILES string of the molecule is COC(=O)CC12OC1(C)CCCC2(C)C. The van der Waals surface area contributed by atoms with Gasteiger partial charge in [-0.3, -0.25) is 4.79 Å². The van der Waals surface area contributed by atoms with E-state index in [4.69, 9.17) is 9.47 Å². The summed E-state index contributed by atoms with van der Waals surface area (Å²) in [5, 5.41) is 0. The van der Waals surface area contributed by atoms with Crippen LogP contribution in [0.4, 0.5) is 0 Å². The molecule has 0 N–H and O–H groups in total. The van der Waals surface area contributed by atoms with Gasteiger partial charge in [-0.2, -0.15) is 0 Å². The average Bonchev–Trinajstić information content (AvgIpc) is 2.73. The molecule has 0 radical (unpaired) electrons. The van der Waals surface area contributed by atoms with Crippen LogP contribution in [0.1, 0.15) is 46.5 Å². The van der Waals surface area contributed by atoms with Gasteiger partial charge in [-0.1, -0.05) is 13.8 Å². The van der Waals surface area contributed by atoms with Crippen LogP contribution in [0.3, 0.4) is 0 Å². The summed E-state index contributed by atoms with van der Waals surface area (Å²) >= 11 is 0. The van der Waals surface area contributed by atoms with Crippen LogP contribution < -0.4 is 0 Å². The molecule has 2 atom stereocenters. The third-order valence-electron chi connectivity index (χ3n) is 4.38. The van der Waals surface area contributed by atoms with Crippen LogP contribution in [0.2, 0.25) is 0 Å². The number of carbonyl (C=O) groups is 1. The van der Waals surface area contributed by atoms with Gasteiger partial charge in [0, 0.05) is 0 Å². The van der Waals surface area contributed by atoms with Crippen molar-refractivity contribution in [2.24, 2.45) is 5.41 Å². The van der Waals surface area contributed by atoms with E-state index in [9.17, 15) is 4.79 Å². The Morgan fingerprint density at radius 1 is 1.33 bits per heavy atom. The zero-order chi connectivity index (χ0) is 11.3. The summed E-state index contributed by atoms with van der Waals surface area (Å²) in [6, 6.07) is 0. The molecule has 1 heterocycles. The summed E-state index contributed by atoms with van der Waals surface area (Å²) < 4.78 is 10.7. The van der Waals surface area contributed by atoms with Crippen molar-refractivity contribution < 1.29 is 14.3 Å². The molecular weight excluding hydrogens is 192 g/mol. The molecule has 15 heavy (non-hydrogen) atoms. The van der Waals surface area contributed by atoms with Gasteiger partial charge in [0.05, 0.1) is 19.1 Å². The van der Waals surface area contributed by atoms with Gasteiger partial charge in [-0.25, -0.2) is 0 Å². The van der Waals surface area contributed by atoms with Gasteiger partial charge >= 0.3 is 5.97 Å². The Kier molecular flexibility index (Phi) is 2.16. The molecular formula is C12H20O3. The van der Waals surface area contributed by atoms with Crippen LogP contribution in [0.5, 0.6) is 0 Å². The first-order valence-corrected chi connectivity index (χ1v) is 5.64. The largest absolute Gasteiger partial charge is 0.469 e. The third kappa shape index (κ3) is 1.32. The predicted molar refractivity (Wildman–Crippen MR) is 56.5 cm³/mol. The van der Waals surface area contributed by atoms with E-state index < -0.39 is 0 Å². The van der Waals surface area contributed by atoms with Crippen molar-refractivity contribution in [1.29, 1.82) is 0 Å². The van der Waals surface area contributed by atoms with Crippen molar-refractivity contribution in [3.05, 3.63) is 0 Å². The normalized spacial score (nSPS) is 41.9. The summed E-state index contributed by atoms with van der Waals surface area (Å²) in [6.45, 7) is 6.51. The topological polar surface area (TPSA) is 38.8 Å². The molecule has 0 amide bonds. The Balaban J connectivity index is 2.22. The highest BCUT2D eigenvalue weighted by atomic mass is 16.6. The van der Waals surface area contributed by atoms with Crippen LogP contribution in [-0.2, 0) is 14.3 Å². The molecule has 2 aliphatic rings. The fourth-order valence-corrected chi connectivity index (χ4v) is 3.27. The highest BCUT2D eigenvalue weighted by Gasteiger charge is 2.74. The van der Waals surface area contributed by atoms with E-state index in [-0.39, 0.29) is 22.6 Å². The van der Waals surface area contributed by atoms with Gasteiger partial charge in [0.2, 0.25) is 0 Å². The zero-order valence-electron chi connectivity index (χ0n) is 10.1. The lowest BCUT2D eigenvalue weighted by Gasteiger charge is -2.37. The first kappa shape index (κ1) is 10.9. The van der Waals surface area contributed by atoms with Gasteiger partial charge in [-0.05, 0) is 31.6 Å². The van der Waals surface area contributed by atoms with Gasteiger partial charge in [0.1, 0.15) is 5.60 Å². The molecule has 0 spiro atoms. The summed E-state index contributed by atoms with van der Waals surface area (Å²) in [7, 11) is 1.44. The molecule has 0 aromatic heterocycles. The van der Waals surface area contributed by atoms with E-state index in [0.29, 0.717) is 6.42 Å². The van der Waals surface area contributed by atoms with Crippen molar-refractivity contribution in [3.8, 4) is 0 Å². The Bertz CT molecular complexity index is 297. The van der Waals surface area contributed by atoms with Crippen molar-refractivity contribution in [2.45, 2.75) is 57.7 Å². The van der Waals surface area contributed by atoms with E-state index in [1.807, 2.05) is 0 Å². The van der Waals surface area contributed by atoms with Crippen LogP contribution in [0.15, 0.2) is 0 Å². The van der Waals surface area contributed by atoms with E-state index >= 15 is 0 Å². The van der Waals surface area contributed by atoms with Crippen LogP contribution in [0, 0.1) is 5.41 Å². The zero-order valence-corrected chi connectivity index (χ0v) is 10.1. The third-order valence-corrected chi connectivity index (χ3v) is 4.38. The van der Waals surface area contributed by atoms with E-state index in [0.717, 1.165) is 12.8 Å². The molecule has 2 rings (SSSR count). The number of ether oxygens (including phenoxy) is 2. The maximum Gasteiger partial charge on any atom is 0.308 e. The van der Waals surface area contributed by atoms with Gasteiger partial charge < -0.3 is 9.47 Å². The number of epoxide rings is 1. The molecule has 1 aliphatic carbocycles. The predicted octanol–water partition coefficient (Wildman–Crippen LogP) is 2.29. The number of methoxy groups -OCH3 is 1. The number of hydrogen-bond acceptors (Lipinski definition) is 3. The Hall–Kier alpha value is -0.570. The fraction of sp³-hybridized carbons (Fsp3) is 0.917. The van der Waals surface area contributed by atoms with Crippen molar-refractivity contribution in [1.82, 2.24) is 0 Å². The monoisotopic (exact) mass is 212 g/mol. The molecule has 3 heteroatoms. The van der Waals surface area contributed by atoms with Gasteiger partial charge in [0.15, 0.2) is 0 Å². The minimum atomic E-state index is -0.272. The molecule has 3 nitrogen and oxygen atoms in total. The summed E-state index contributed by atoms with van der Waals surface area (Å²) in [6.07, 6.45) is 3.77. The molecule has 1 saturated carbocycles. The molecule has 86 valence electrons. The maximum atomic E-state index is 11.4. The fourth-order valence-electron chi connectivity index (χ4n) is 3.27. The van der Waals surface area contributed by atoms with Crippen LogP contribution in [-0.4, -0.2) is 24.3 Å². The van der Waals surface area contributed by atoms with Crippen molar-refractivity contribution in [2.75, 3.05) is 7.11 Å². The lowest BCUT2D eigenvalue weighted by Crippen LogP contribution is -2.44. The molecule has 0 aromatic carbocycles. The first-order valence-electron chi connectivity index (χ1n) is 5.64. The number of carbonyl (C=O) groups excluding carboxylic acids is 1. The Morgan fingerprint density at radius 2 is 2.00 bits per heavy atom. The highest BCUT2D eigenvalue weighted by molar-refractivity contribution is 5.72. The number of esters is 1. The van der Waals surface area contributed by atoms with Crippen LogP contribution in [0.25, 0.3) is 0 Å². The minimum absolute atomic E-state index is 0.0776. The minimum Gasteiger partial charge on any atom is -0.469 e. The van der Waals surface area contributed by atoms with Gasteiger partial charge in [0.25, 0.3) is 0 Å². The Labute approximate surface area is 91.1 Å². The highest BCUT2D eigenvalue weighted by Crippen LogP contribution is 2.66.